The SMILES string of the molecule is NNc1ccc(Br)c(Cl)c1Cl. The van der Waals surface area contributed by atoms with Crippen molar-refractivity contribution in [1.82, 2.24) is 0 Å². The Morgan fingerprint density at radius 2 is 1.91 bits per heavy atom. The first kappa shape index (κ1) is 9.13. The molecule has 0 fully saturated rings. The van der Waals surface area contributed by atoms with Crippen molar-refractivity contribution >= 4 is 44.8 Å². The molecule has 0 saturated carbocycles. The average molecular weight is 256 g/mol. The van der Waals surface area contributed by atoms with Crippen LogP contribution in [0.25, 0.3) is 0 Å². The lowest BCUT2D eigenvalue weighted by molar-refractivity contribution is 1.35. The second kappa shape index (κ2) is 3.63. The highest BCUT2D eigenvalue weighted by molar-refractivity contribution is 9.10. The van der Waals surface area contributed by atoms with Gasteiger partial charge in [0.1, 0.15) is 0 Å². The number of nitrogen functional groups attached to an aromatic ring is 1. The van der Waals surface area contributed by atoms with Gasteiger partial charge in [-0.3, -0.25) is 5.84 Å². The summed E-state index contributed by atoms with van der Waals surface area (Å²) in [6, 6.07) is 3.50. The minimum atomic E-state index is 0.420. The number of halogens is 3. The molecule has 0 aliphatic carbocycles. The summed E-state index contributed by atoms with van der Waals surface area (Å²) in [6.45, 7) is 0. The topological polar surface area (TPSA) is 38.0 Å². The van der Waals surface area contributed by atoms with Gasteiger partial charge >= 0.3 is 0 Å². The lowest BCUT2D eigenvalue weighted by Crippen LogP contribution is -2.07. The zero-order valence-electron chi connectivity index (χ0n) is 5.37. The van der Waals surface area contributed by atoms with Gasteiger partial charge in [-0.15, -0.1) is 0 Å². The number of rotatable bonds is 1. The van der Waals surface area contributed by atoms with Crippen LogP contribution in [0.15, 0.2) is 16.6 Å². The zero-order chi connectivity index (χ0) is 8.43. The molecule has 1 rings (SSSR count). The first-order valence-corrected chi connectivity index (χ1v) is 4.32. The summed E-state index contributed by atoms with van der Waals surface area (Å²) in [5.74, 6) is 5.16. The van der Waals surface area contributed by atoms with E-state index in [-0.39, 0.29) is 0 Å². The number of benzene rings is 1. The van der Waals surface area contributed by atoms with Gasteiger partial charge in [-0.2, -0.15) is 0 Å². The number of hydrogen-bond donors (Lipinski definition) is 2. The van der Waals surface area contributed by atoms with Crippen molar-refractivity contribution in [2.75, 3.05) is 5.43 Å². The van der Waals surface area contributed by atoms with Gasteiger partial charge in [0, 0.05) is 4.47 Å². The predicted octanol–water partition coefficient (Wildman–Crippen LogP) is 3.04. The molecular weight excluding hydrogens is 251 g/mol. The van der Waals surface area contributed by atoms with Gasteiger partial charge in [0.2, 0.25) is 0 Å². The second-order valence-electron chi connectivity index (χ2n) is 1.87. The molecule has 0 aliphatic rings. The van der Waals surface area contributed by atoms with Crippen molar-refractivity contribution in [1.29, 1.82) is 0 Å². The van der Waals surface area contributed by atoms with E-state index in [9.17, 15) is 0 Å². The van der Waals surface area contributed by atoms with Crippen LogP contribution in [0.1, 0.15) is 0 Å². The first-order valence-electron chi connectivity index (χ1n) is 2.77. The molecule has 0 saturated heterocycles. The van der Waals surface area contributed by atoms with Crippen molar-refractivity contribution in [3.05, 3.63) is 26.7 Å². The monoisotopic (exact) mass is 254 g/mol. The fourth-order valence-corrected chi connectivity index (χ4v) is 1.47. The van der Waals surface area contributed by atoms with Crippen molar-refractivity contribution < 1.29 is 0 Å². The fourth-order valence-electron chi connectivity index (χ4n) is 0.637. The fraction of sp³-hybridized carbons (Fsp3) is 0. The smallest absolute Gasteiger partial charge is 0.0848 e. The largest absolute Gasteiger partial charge is 0.323 e. The minimum absolute atomic E-state index is 0.420. The van der Waals surface area contributed by atoms with Gasteiger partial charge in [-0.25, -0.2) is 0 Å². The van der Waals surface area contributed by atoms with Crippen LogP contribution in [0.2, 0.25) is 10.0 Å². The Morgan fingerprint density at radius 1 is 1.27 bits per heavy atom. The quantitative estimate of drug-likeness (QED) is 0.460. The van der Waals surface area contributed by atoms with Crippen LogP contribution in [0.3, 0.4) is 0 Å². The summed E-state index contributed by atoms with van der Waals surface area (Å²) in [5.41, 5.74) is 3.04. The molecule has 11 heavy (non-hydrogen) atoms. The van der Waals surface area contributed by atoms with Gasteiger partial charge in [0.05, 0.1) is 15.7 Å². The van der Waals surface area contributed by atoms with Gasteiger partial charge in [-0.1, -0.05) is 23.2 Å². The van der Waals surface area contributed by atoms with E-state index >= 15 is 0 Å². The molecule has 3 N–H and O–H groups in total. The van der Waals surface area contributed by atoms with Gasteiger partial charge in [0.25, 0.3) is 0 Å². The summed E-state index contributed by atoms with van der Waals surface area (Å²) < 4.78 is 0.753. The highest BCUT2D eigenvalue weighted by atomic mass is 79.9. The van der Waals surface area contributed by atoms with Crippen LogP contribution in [-0.4, -0.2) is 0 Å². The molecule has 0 aliphatic heterocycles. The molecule has 0 spiro atoms. The van der Waals surface area contributed by atoms with E-state index in [0.717, 1.165) is 4.47 Å². The average Bonchev–Trinajstić information content (AvgIpc) is 2.01. The number of anilines is 1. The second-order valence-corrected chi connectivity index (χ2v) is 3.48. The summed E-state index contributed by atoms with van der Waals surface area (Å²) in [7, 11) is 0. The number of nitrogens with one attached hydrogen (secondary N) is 1. The number of nitrogens with two attached hydrogens (primary N) is 1. The highest BCUT2D eigenvalue weighted by Crippen LogP contribution is 2.35. The van der Waals surface area contributed by atoms with E-state index in [0.29, 0.717) is 15.7 Å². The third-order valence-electron chi connectivity index (χ3n) is 1.19. The molecule has 1 aromatic carbocycles. The molecule has 0 bridgehead atoms. The van der Waals surface area contributed by atoms with Gasteiger partial charge < -0.3 is 5.43 Å². The molecule has 0 radical (unpaired) electrons. The van der Waals surface area contributed by atoms with Crippen molar-refractivity contribution in [3.8, 4) is 0 Å². The Labute approximate surface area is 82.8 Å². The summed E-state index contributed by atoms with van der Waals surface area (Å²) >= 11 is 14.8. The Kier molecular flexibility index (Phi) is 3.01. The van der Waals surface area contributed by atoms with Crippen LogP contribution >= 0.6 is 39.1 Å². The van der Waals surface area contributed by atoms with Crippen LogP contribution in [0.5, 0.6) is 0 Å². The van der Waals surface area contributed by atoms with E-state index in [1.807, 2.05) is 0 Å². The predicted molar refractivity (Wildman–Crippen MR) is 52.0 cm³/mol. The van der Waals surface area contributed by atoms with Crippen molar-refractivity contribution in [3.63, 3.8) is 0 Å². The molecule has 0 atom stereocenters. The molecule has 0 amide bonds. The molecule has 1 aromatic rings. The maximum absolute atomic E-state index is 5.79. The maximum Gasteiger partial charge on any atom is 0.0848 e. The maximum atomic E-state index is 5.79. The minimum Gasteiger partial charge on any atom is -0.323 e. The molecular formula is C6H5BrCl2N2. The number of hydrogen-bond acceptors (Lipinski definition) is 2. The molecule has 60 valence electrons. The van der Waals surface area contributed by atoms with E-state index < -0.39 is 0 Å². The van der Waals surface area contributed by atoms with Gasteiger partial charge in [0.15, 0.2) is 0 Å². The van der Waals surface area contributed by atoms with Gasteiger partial charge in [-0.05, 0) is 28.1 Å². The molecule has 0 unspecified atom stereocenters. The Morgan fingerprint density at radius 3 is 2.45 bits per heavy atom. The van der Waals surface area contributed by atoms with E-state index in [4.69, 9.17) is 29.0 Å². The Hall–Kier alpha value is 0.0400. The summed E-state index contributed by atoms with van der Waals surface area (Å²) in [5, 5.41) is 0.880. The van der Waals surface area contributed by atoms with Crippen LogP contribution in [-0.2, 0) is 0 Å². The normalized spacial score (nSPS) is 9.82. The van der Waals surface area contributed by atoms with E-state index in [1.54, 1.807) is 12.1 Å². The van der Waals surface area contributed by atoms with E-state index in [1.165, 1.54) is 0 Å². The zero-order valence-corrected chi connectivity index (χ0v) is 8.46. The third kappa shape index (κ3) is 1.79. The lowest BCUT2D eigenvalue weighted by atomic mass is 10.3. The Balaban J connectivity index is 3.25. The van der Waals surface area contributed by atoms with Crippen LogP contribution in [0.4, 0.5) is 5.69 Å². The molecule has 0 aromatic heterocycles. The van der Waals surface area contributed by atoms with Crippen LogP contribution in [0, 0.1) is 0 Å². The number of hydrazine groups is 1. The first-order chi connectivity index (χ1) is 5.16. The third-order valence-corrected chi connectivity index (χ3v) is 2.96. The highest BCUT2D eigenvalue weighted by Gasteiger charge is 2.06. The van der Waals surface area contributed by atoms with Crippen molar-refractivity contribution in [2.45, 2.75) is 0 Å². The molecule has 2 nitrogen and oxygen atoms in total. The summed E-state index contributed by atoms with van der Waals surface area (Å²) in [6.07, 6.45) is 0. The molecule has 0 heterocycles. The summed E-state index contributed by atoms with van der Waals surface area (Å²) in [4.78, 5) is 0. The van der Waals surface area contributed by atoms with Crippen molar-refractivity contribution in [2.24, 2.45) is 5.84 Å². The standard InChI is InChI=1S/C6H5BrCl2N2/c7-3-1-2-4(11-10)6(9)5(3)8/h1-2,11H,10H2. The Bertz CT molecular complexity index is 278. The molecule has 5 heteroatoms. The van der Waals surface area contributed by atoms with E-state index in [2.05, 4.69) is 21.4 Å². The lowest BCUT2D eigenvalue weighted by Gasteiger charge is -2.04. The van der Waals surface area contributed by atoms with Crippen LogP contribution < -0.4 is 11.3 Å².